The zero-order valence-corrected chi connectivity index (χ0v) is 19.4. The highest BCUT2D eigenvalue weighted by atomic mass is 32.2. The number of para-hydroxylation sites is 1. The maximum Gasteiger partial charge on any atom is 0.255 e. The molecule has 0 unspecified atom stereocenters. The fourth-order valence-corrected chi connectivity index (χ4v) is 5.80. The summed E-state index contributed by atoms with van der Waals surface area (Å²) in [7, 11) is 0. The molecule has 0 spiro atoms. The van der Waals surface area contributed by atoms with Crippen LogP contribution in [0.2, 0.25) is 0 Å². The molecule has 0 radical (unpaired) electrons. The van der Waals surface area contributed by atoms with E-state index in [4.69, 9.17) is 0 Å². The molecule has 1 fully saturated rings. The van der Waals surface area contributed by atoms with Gasteiger partial charge in [0.25, 0.3) is 5.91 Å². The Labute approximate surface area is 190 Å². The molecule has 1 amide bonds. The number of carbonyl (C=O) groups excluding carboxylic acids is 1. The average molecular weight is 456 g/mol. The number of nitrogens with one attached hydrogen (secondary N) is 1. The van der Waals surface area contributed by atoms with E-state index < -0.39 is 0 Å². The molecule has 0 bridgehead atoms. The SMILES string of the molecule is Cc1nc(CSc2ccc(C(=O)Nc3ccccc3CN3CCSCC3)cc2)cs1. The Hall–Kier alpha value is -1.80. The lowest BCUT2D eigenvalue weighted by molar-refractivity contribution is 0.102. The summed E-state index contributed by atoms with van der Waals surface area (Å²) in [6.07, 6.45) is 0. The minimum atomic E-state index is -0.0664. The van der Waals surface area contributed by atoms with Crippen molar-refractivity contribution in [3.8, 4) is 0 Å². The fraction of sp³-hybridized carbons (Fsp3) is 0.304. The van der Waals surface area contributed by atoms with Crippen molar-refractivity contribution < 1.29 is 4.79 Å². The Morgan fingerprint density at radius 2 is 1.90 bits per heavy atom. The predicted octanol–water partition coefficient (Wildman–Crippen LogP) is 5.54. The van der Waals surface area contributed by atoms with E-state index in [1.807, 2.05) is 61.2 Å². The van der Waals surface area contributed by atoms with Crippen LogP contribution in [0.15, 0.2) is 58.8 Å². The lowest BCUT2D eigenvalue weighted by Crippen LogP contribution is -2.32. The molecule has 2 aromatic carbocycles. The lowest BCUT2D eigenvalue weighted by Gasteiger charge is -2.27. The van der Waals surface area contributed by atoms with Crippen LogP contribution >= 0.6 is 34.9 Å². The Morgan fingerprint density at radius 1 is 1.13 bits per heavy atom. The van der Waals surface area contributed by atoms with E-state index in [0.717, 1.165) is 46.7 Å². The minimum Gasteiger partial charge on any atom is -0.322 e. The molecule has 7 heteroatoms. The molecule has 4 rings (SSSR count). The number of carbonyl (C=O) groups is 1. The summed E-state index contributed by atoms with van der Waals surface area (Å²) in [6.45, 7) is 5.11. The van der Waals surface area contributed by atoms with Crippen LogP contribution < -0.4 is 5.32 Å². The maximum absolute atomic E-state index is 12.8. The number of thiazole rings is 1. The normalized spacial score (nSPS) is 14.6. The number of nitrogens with zero attached hydrogens (tertiary/aromatic N) is 2. The van der Waals surface area contributed by atoms with Crippen LogP contribution in [0.5, 0.6) is 0 Å². The largest absolute Gasteiger partial charge is 0.322 e. The summed E-state index contributed by atoms with van der Waals surface area (Å²) >= 11 is 5.43. The van der Waals surface area contributed by atoms with Crippen LogP contribution in [0, 0.1) is 6.92 Å². The first-order chi connectivity index (χ1) is 14.7. The second-order valence-electron chi connectivity index (χ2n) is 7.17. The van der Waals surface area contributed by atoms with Crippen molar-refractivity contribution in [2.24, 2.45) is 0 Å². The molecular weight excluding hydrogens is 430 g/mol. The van der Waals surface area contributed by atoms with Gasteiger partial charge in [-0.15, -0.1) is 23.1 Å². The molecule has 4 nitrogen and oxygen atoms in total. The first-order valence-electron chi connectivity index (χ1n) is 10.0. The molecule has 0 atom stereocenters. The molecule has 1 aliphatic heterocycles. The van der Waals surface area contributed by atoms with Gasteiger partial charge < -0.3 is 5.32 Å². The number of benzene rings is 2. The van der Waals surface area contributed by atoms with E-state index in [9.17, 15) is 4.79 Å². The summed E-state index contributed by atoms with van der Waals surface area (Å²) < 4.78 is 0. The van der Waals surface area contributed by atoms with Crippen LogP contribution in [-0.2, 0) is 12.3 Å². The molecule has 1 aromatic heterocycles. The van der Waals surface area contributed by atoms with Gasteiger partial charge in [0, 0.05) is 58.4 Å². The Balaban J connectivity index is 1.36. The number of aryl methyl sites for hydroxylation is 1. The minimum absolute atomic E-state index is 0.0664. The summed E-state index contributed by atoms with van der Waals surface area (Å²) in [6, 6.07) is 15.9. The van der Waals surface area contributed by atoms with Crippen molar-refractivity contribution in [3.05, 3.63) is 75.7 Å². The molecule has 0 saturated carbocycles. The van der Waals surface area contributed by atoms with Crippen LogP contribution in [-0.4, -0.2) is 40.4 Å². The topological polar surface area (TPSA) is 45.2 Å². The van der Waals surface area contributed by atoms with Gasteiger partial charge in [-0.05, 0) is 42.8 Å². The summed E-state index contributed by atoms with van der Waals surface area (Å²) in [5.74, 6) is 3.14. The zero-order valence-electron chi connectivity index (χ0n) is 17.0. The predicted molar refractivity (Wildman–Crippen MR) is 130 cm³/mol. The Bertz CT molecular complexity index is 981. The molecule has 30 heavy (non-hydrogen) atoms. The van der Waals surface area contributed by atoms with Gasteiger partial charge >= 0.3 is 0 Å². The van der Waals surface area contributed by atoms with Crippen molar-refractivity contribution in [1.29, 1.82) is 0 Å². The smallest absolute Gasteiger partial charge is 0.255 e. The number of aromatic nitrogens is 1. The third-order valence-electron chi connectivity index (χ3n) is 4.93. The lowest BCUT2D eigenvalue weighted by atomic mass is 10.1. The summed E-state index contributed by atoms with van der Waals surface area (Å²) in [4.78, 5) is 20.9. The number of anilines is 1. The van der Waals surface area contributed by atoms with Gasteiger partial charge in [0.1, 0.15) is 0 Å². The van der Waals surface area contributed by atoms with Gasteiger partial charge in [-0.2, -0.15) is 11.8 Å². The fourth-order valence-electron chi connectivity index (χ4n) is 3.31. The third-order valence-corrected chi connectivity index (χ3v) is 7.74. The number of hydrogen-bond donors (Lipinski definition) is 1. The van der Waals surface area contributed by atoms with Gasteiger partial charge in [0.05, 0.1) is 10.7 Å². The molecule has 0 aliphatic carbocycles. The first kappa shape index (κ1) is 21.4. The number of rotatable bonds is 7. The zero-order chi connectivity index (χ0) is 20.8. The highest BCUT2D eigenvalue weighted by molar-refractivity contribution is 7.99. The molecule has 3 aromatic rings. The molecule has 156 valence electrons. The van der Waals surface area contributed by atoms with Gasteiger partial charge in [0.15, 0.2) is 0 Å². The Morgan fingerprint density at radius 3 is 2.63 bits per heavy atom. The summed E-state index contributed by atoms with van der Waals surface area (Å²) in [5, 5.41) is 6.31. The quantitative estimate of drug-likeness (QED) is 0.474. The second-order valence-corrected chi connectivity index (χ2v) is 10.5. The third kappa shape index (κ3) is 5.88. The van der Waals surface area contributed by atoms with Crippen LogP contribution in [0.25, 0.3) is 0 Å². The van der Waals surface area contributed by atoms with Gasteiger partial charge in [-0.3, -0.25) is 9.69 Å². The van der Waals surface area contributed by atoms with Crippen molar-refractivity contribution >= 4 is 46.5 Å². The Kier molecular flexibility index (Phi) is 7.49. The highest BCUT2D eigenvalue weighted by Gasteiger charge is 2.14. The maximum atomic E-state index is 12.8. The molecular formula is C23H25N3OS3. The number of hydrogen-bond acceptors (Lipinski definition) is 6. The number of thioether (sulfide) groups is 2. The van der Waals surface area contributed by atoms with E-state index in [-0.39, 0.29) is 5.91 Å². The first-order valence-corrected chi connectivity index (χ1v) is 13.0. The summed E-state index contributed by atoms with van der Waals surface area (Å²) in [5.41, 5.74) is 3.85. The molecule has 1 saturated heterocycles. The van der Waals surface area contributed by atoms with Crippen molar-refractivity contribution in [2.75, 3.05) is 29.9 Å². The van der Waals surface area contributed by atoms with E-state index in [1.54, 1.807) is 23.1 Å². The highest BCUT2D eigenvalue weighted by Crippen LogP contribution is 2.25. The molecule has 1 aliphatic rings. The van der Waals surface area contributed by atoms with Crippen LogP contribution in [0.1, 0.15) is 26.6 Å². The van der Waals surface area contributed by atoms with Crippen LogP contribution in [0.4, 0.5) is 5.69 Å². The van der Waals surface area contributed by atoms with E-state index in [2.05, 4.69) is 26.6 Å². The average Bonchev–Trinajstić information content (AvgIpc) is 3.20. The number of amides is 1. The van der Waals surface area contributed by atoms with Crippen molar-refractivity contribution in [2.45, 2.75) is 24.1 Å². The molecule has 1 N–H and O–H groups in total. The van der Waals surface area contributed by atoms with E-state index in [0.29, 0.717) is 5.56 Å². The van der Waals surface area contributed by atoms with Crippen molar-refractivity contribution in [1.82, 2.24) is 9.88 Å². The van der Waals surface area contributed by atoms with Crippen molar-refractivity contribution in [3.63, 3.8) is 0 Å². The van der Waals surface area contributed by atoms with Gasteiger partial charge in [0.2, 0.25) is 0 Å². The van der Waals surface area contributed by atoms with Gasteiger partial charge in [-0.25, -0.2) is 4.98 Å². The standard InChI is InChI=1S/C23H25N3OS3/c1-17-24-20(15-29-17)16-30-21-8-6-18(7-9-21)23(27)25-22-5-3-2-4-19(22)14-26-10-12-28-13-11-26/h2-9,15H,10-14,16H2,1H3,(H,25,27). The monoisotopic (exact) mass is 455 g/mol. The van der Waals surface area contributed by atoms with E-state index >= 15 is 0 Å². The van der Waals surface area contributed by atoms with Crippen LogP contribution in [0.3, 0.4) is 0 Å². The molecule has 2 heterocycles. The van der Waals surface area contributed by atoms with Gasteiger partial charge in [-0.1, -0.05) is 18.2 Å². The van der Waals surface area contributed by atoms with E-state index in [1.165, 1.54) is 17.1 Å². The second kappa shape index (κ2) is 10.5.